The average molecular weight is 451 g/mol. The fraction of sp³-hybridized carbons (Fsp3) is 0.583. The van der Waals surface area contributed by atoms with Crippen LogP contribution in [0.15, 0.2) is 42.5 Å². The monoisotopic (exact) mass is 450 g/mol. The van der Waals surface area contributed by atoms with Gasteiger partial charge in [0.25, 0.3) is 5.91 Å². The fourth-order valence-corrected chi connectivity index (χ4v) is 2.97. The van der Waals surface area contributed by atoms with E-state index in [0.29, 0.717) is 6.54 Å². The number of carbonyl (C=O) groups excluding carboxylic acids is 2. The minimum atomic E-state index is -1.71. The van der Waals surface area contributed by atoms with Crippen LogP contribution in [0.1, 0.15) is 39.7 Å². The number of rotatable bonds is 12. The minimum absolute atomic E-state index is 0.236. The summed E-state index contributed by atoms with van der Waals surface area (Å²) in [6, 6.07) is 8.31. The molecule has 0 fully saturated rings. The smallest absolute Gasteiger partial charge is 0.252 e. The molecule has 32 heavy (non-hydrogen) atoms. The molecule has 0 radical (unpaired) electrons. The summed E-state index contributed by atoms with van der Waals surface area (Å²) >= 11 is 0. The second-order valence-electron chi connectivity index (χ2n) is 8.90. The van der Waals surface area contributed by atoms with E-state index in [9.17, 15) is 24.9 Å². The summed E-state index contributed by atoms with van der Waals surface area (Å²) in [5.74, 6) is -1.12. The number of amides is 2. The van der Waals surface area contributed by atoms with Gasteiger partial charge in [-0.25, -0.2) is 0 Å². The Morgan fingerprint density at radius 1 is 1.06 bits per heavy atom. The second kappa shape index (κ2) is 13.3. The van der Waals surface area contributed by atoms with E-state index in [1.165, 1.54) is 13.2 Å². The molecule has 0 aliphatic heterocycles. The van der Waals surface area contributed by atoms with Crippen LogP contribution >= 0.6 is 0 Å². The van der Waals surface area contributed by atoms with Crippen molar-refractivity contribution < 1.29 is 29.6 Å². The molecule has 0 aliphatic rings. The Morgan fingerprint density at radius 3 is 2.22 bits per heavy atom. The normalized spacial score (nSPS) is 16.8. The van der Waals surface area contributed by atoms with Crippen LogP contribution in [0.5, 0.6) is 0 Å². The van der Waals surface area contributed by atoms with Crippen molar-refractivity contribution in [3.05, 3.63) is 48.0 Å². The predicted molar refractivity (Wildman–Crippen MR) is 123 cm³/mol. The van der Waals surface area contributed by atoms with Crippen LogP contribution in [-0.4, -0.2) is 71.2 Å². The first-order valence-corrected chi connectivity index (χ1v) is 10.9. The number of benzene rings is 1. The number of methoxy groups -OCH3 is 1. The summed E-state index contributed by atoms with van der Waals surface area (Å²) in [4.78, 5) is 25.5. The first-order valence-electron chi connectivity index (χ1n) is 10.9. The van der Waals surface area contributed by atoms with E-state index in [0.717, 1.165) is 12.0 Å². The van der Waals surface area contributed by atoms with E-state index in [1.54, 1.807) is 6.08 Å². The topological polar surface area (TPSA) is 128 Å². The van der Waals surface area contributed by atoms with Gasteiger partial charge in [-0.3, -0.25) is 9.59 Å². The van der Waals surface area contributed by atoms with E-state index in [2.05, 4.69) is 10.6 Å². The molecule has 0 saturated carbocycles. The van der Waals surface area contributed by atoms with Crippen molar-refractivity contribution in [2.45, 2.75) is 71.0 Å². The Morgan fingerprint density at radius 2 is 1.69 bits per heavy atom. The summed E-state index contributed by atoms with van der Waals surface area (Å²) in [6.45, 7) is 8.13. The molecule has 180 valence electrons. The molecule has 8 heteroatoms. The SMILES string of the molecule is CCCNC(=O)[C@H](Cc1ccccc1)NC(=O)[C@H](OC)[C@H](O)[C@@H](O)[C@H](O)/C=C/C(C)(C)C. The Labute approximate surface area is 190 Å². The second-order valence-corrected chi connectivity index (χ2v) is 8.90. The average Bonchev–Trinajstić information content (AvgIpc) is 2.75. The number of carbonyl (C=O) groups is 2. The van der Waals surface area contributed by atoms with Gasteiger partial charge < -0.3 is 30.7 Å². The van der Waals surface area contributed by atoms with Gasteiger partial charge in [-0.2, -0.15) is 0 Å². The Bertz CT molecular complexity index is 732. The largest absolute Gasteiger partial charge is 0.387 e. The van der Waals surface area contributed by atoms with Gasteiger partial charge in [-0.05, 0) is 17.4 Å². The number of nitrogens with one attached hydrogen (secondary N) is 2. The van der Waals surface area contributed by atoms with Crippen LogP contribution in [0.3, 0.4) is 0 Å². The molecule has 5 atom stereocenters. The summed E-state index contributed by atoms with van der Waals surface area (Å²) < 4.78 is 5.11. The molecule has 0 saturated heterocycles. The third-order valence-electron chi connectivity index (χ3n) is 4.78. The molecule has 1 rings (SSSR count). The Balaban J connectivity index is 2.94. The van der Waals surface area contributed by atoms with E-state index < -0.39 is 36.4 Å². The first-order chi connectivity index (χ1) is 15.0. The van der Waals surface area contributed by atoms with Gasteiger partial charge in [0.05, 0.1) is 0 Å². The van der Waals surface area contributed by atoms with Gasteiger partial charge in [-0.15, -0.1) is 0 Å². The first kappa shape index (κ1) is 27.8. The third kappa shape index (κ3) is 9.48. The molecule has 0 aromatic heterocycles. The fourth-order valence-electron chi connectivity index (χ4n) is 2.97. The number of ether oxygens (including phenoxy) is 1. The molecule has 1 aromatic carbocycles. The molecule has 0 bridgehead atoms. The highest BCUT2D eigenvalue weighted by Crippen LogP contribution is 2.17. The van der Waals surface area contributed by atoms with Crippen LogP contribution in [0, 0.1) is 5.41 Å². The maximum absolute atomic E-state index is 12.9. The number of hydrogen-bond acceptors (Lipinski definition) is 6. The molecule has 2 amide bonds. The zero-order valence-corrected chi connectivity index (χ0v) is 19.6. The van der Waals surface area contributed by atoms with Crippen molar-refractivity contribution in [3.8, 4) is 0 Å². The third-order valence-corrected chi connectivity index (χ3v) is 4.78. The van der Waals surface area contributed by atoms with Gasteiger partial charge in [-0.1, -0.05) is 70.2 Å². The van der Waals surface area contributed by atoms with Gasteiger partial charge in [0.15, 0.2) is 6.10 Å². The highest BCUT2D eigenvalue weighted by molar-refractivity contribution is 5.89. The molecule has 0 aliphatic carbocycles. The lowest BCUT2D eigenvalue weighted by Gasteiger charge is -2.28. The highest BCUT2D eigenvalue weighted by Gasteiger charge is 2.36. The maximum Gasteiger partial charge on any atom is 0.252 e. The van der Waals surface area contributed by atoms with Crippen LogP contribution in [0.25, 0.3) is 0 Å². The lowest BCUT2D eigenvalue weighted by Crippen LogP contribution is -2.56. The quantitative estimate of drug-likeness (QED) is 0.302. The van der Waals surface area contributed by atoms with Crippen LogP contribution < -0.4 is 10.6 Å². The van der Waals surface area contributed by atoms with E-state index in [-0.39, 0.29) is 17.7 Å². The van der Waals surface area contributed by atoms with Crippen molar-refractivity contribution in [1.29, 1.82) is 0 Å². The van der Waals surface area contributed by atoms with E-state index in [1.807, 2.05) is 58.0 Å². The lowest BCUT2D eigenvalue weighted by molar-refractivity contribution is -0.150. The molecule has 1 aromatic rings. The summed E-state index contributed by atoms with van der Waals surface area (Å²) in [6.07, 6.45) is -2.21. The molecule has 0 spiro atoms. The van der Waals surface area contributed by atoms with Crippen molar-refractivity contribution in [2.75, 3.05) is 13.7 Å². The minimum Gasteiger partial charge on any atom is -0.387 e. The Hall–Kier alpha value is -2.26. The van der Waals surface area contributed by atoms with Crippen LogP contribution in [0.4, 0.5) is 0 Å². The number of hydrogen-bond donors (Lipinski definition) is 5. The van der Waals surface area contributed by atoms with Gasteiger partial charge in [0.2, 0.25) is 5.91 Å². The Kier molecular flexibility index (Phi) is 11.6. The molecule has 0 unspecified atom stereocenters. The van der Waals surface area contributed by atoms with E-state index in [4.69, 9.17) is 4.74 Å². The van der Waals surface area contributed by atoms with Crippen molar-refractivity contribution in [1.82, 2.24) is 10.6 Å². The molecule has 5 N–H and O–H groups in total. The maximum atomic E-state index is 12.9. The predicted octanol–water partition coefficient (Wildman–Crippen LogP) is 0.940. The molecular formula is C24H38N2O6. The lowest BCUT2D eigenvalue weighted by atomic mass is 9.94. The van der Waals surface area contributed by atoms with E-state index >= 15 is 0 Å². The van der Waals surface area contributed by atoms with Crippen LogP contribution in [-0.2, 0) is 20.7 Å². The number of allylic oxidation sites excluding steroid dienone is 1. The van der Waals surface area contributed by atoms with Gasteiger partial charge in [0.1, 0.15) is 24.4 Å². The number of aliphatic hydroxyl groups is 3. The highest BCUT2D eigenvalue weighted by atomic mass is 16.5. The summed E-state index contributed by atoms with van der Waals surface area (Å²) in [5, 5.41) is 36.4. The molecule has 0 heterocycles. The summed E-state index contributed by atoms with van der Waals surface area (Å²) in [7, 11) is 1.21. The van der Waals surface area contributed by atoms with Gasteiger partial charge in [0, 0.05) is 20.1 Å². The van der Waals surface area contributed by atoms with Crippen molar-refractivity contribution >= 4 is 11.8 Å². The van der Waals surface area contributed by atoms with Crippen LogP contribution in [0.2, 0.25) is 0 Å². The van der Waals surface area contributed by atoms with Crippen molar-refractivity contribution in [3.63, 3.8) is 0 Å². The summed E-state index contributed by atoms with van der Waals surface area (Å²) in [5.41, 5.74) is 0.613. The van der Waals surface area contributed by atoms with Crippen molar-refractivity contribution in [2.24, 2.45) is 5.41 Å². The zero-order chi connectivity index (χ0) is 24.3. The molecular weight excluding hydrogens is 412 g/mol. The standard InChI is InChI=1S/C24H38N2O6/c1-6-14-25-22(30)17(15-16-10-8-7-9-11-16)26-23(31)21(32-5)20(29)19(28)18(27)12-13-24(2,3)4/h7-13,17-21,27-29H,6,14-15H2,1-5H3,(H,25,30)(H,26,31)/b13-12+/t17-,18+,19-,20+,21+/m0/s1. The number of aliphatic hydroxyl groups excluding tert-OH is 3. The zero-order valence-electron chi connectivity index (χ0n) is 19.6. The molecule has 8 nitrogen and oxygen atoms in total. The van der Waals surface area contributed by atoms with Gasteiger partial charge >= 0.3 is 0 Å².